The lowest BCUT2D eigenvalue weighted by Crippen LogP contribution is -2.41. The molecule has 1 saturated heterocycles. The molecule has 5 nitrogen and oxygen atoms in total. The van der Waals surface area contributed by atoms with E-state index in [2.05, 4.69) is 10.6 Å². The van der Waals surface area contributed by atoms with Gasteiger partial charge in [-0.3, -0.25) is 4.79 Å². The normalized spacial score (nSPS) is 14.7. The Labute approximate surface area is 154 Å². The summed E-state index contributed by atoms with van der Waals surface area (Å²) in [7, 11) is 0. The third kappa shape index (κ3) is 5.09. The van der Waals surface area contributed by atoms with Crippen LogP contribution < -0.4 is 10.6 Å². The molecule has 1 heterocycles. The summed E-state index contributed by atoms with van der Waals surface area (Å²) in [6.45, 7) is 2.19. The number of para-hydroxylation sites is 1. The van der Waals surface area contributed by atoms with E-state index in [9.17, 15) is 9.59 Å². The minimum Gasteiger partial charge on any atom is -0.352 e. The summed E-state index contributed by atoms with van der Waals surface area (Å²) >= 11 is 0. The molecule has 1 aliphatic heterocycles. The Bertz CT molecular complexity index is 711. The van der Waals surface area contributed by atoms with Gasteiger partial charge in [-0.2, -0.15) is 0 Å². The highest BCUT2D eigenvalue weighted by Crippen LogP contribution is 2.21. The summed E-state index contributed by atoms with van der Waals surface area (Å²) in [5.41, 5.74) is 1.52. The number of hydrogen-bond donors (Lipinski definition) is 2. The van der Waals surface area contributed by atoms with Gasteiger partial charge in [0.25, 0.3) is 5.91 Å². The van der Waals surface area contributed by atoms with E-state index in [0.717, 1.165) is 38.0 Å². The van der Waals surface area contributed by atoms with Gasteiger partial charge >= 0.3 is 6.03 Å². The van der Waals surface area contributed by atoms with Gasteiger partial charge in [-0.15, -0.1) is 0 Å². The molecule has 0 bridgehead atoms. The van der Waals surface area contributed by atoms with Crippen LogP contribution in [0.4, 0.5) is 10.5 Å². The van der Waals surface area contributed by atoms with Crippen molar-refractivity contribution in [2.75, 3.05) is 25.0 Å². The fourth-order valence-corrected chi connectivity index (χ4v) is 3.23. The van der Waals surface area contributed by atoms with E-state index in [-0.39, 0.29) is 11.9 Å². The van der Waals surface area contributed by atoms with Gasteiger partial charge in [-0.05, 0) is 49.4 Å². The first kappa shape index (κ1) is 18.0. The summed E-state index contributed by atoms with van der Waals surface area (Å²) in [6, 6.07) is 18.8. The lowest BCUT2D eigenvalue weighted by atomic mass is 9.93. The Morgan fingerprint density at radius 3 is 2.19 bits per heavy atom. The largest absolute Gasteiger partial charge is 0.352 e. The van der Waals surface area contributed by atoms with Crippen LogP contribution in [0.25, 0.3) is 0 Å². The summed E-state index contributed by atoms with van der Waals surface area (Å²) in [4.78, 5) is 26.2. The van der Waals surface area contributed by atoms with Crippen molar-refractivity contribution in [1.29, 1.82) is 0 Å². The Hall–Kier alpha value is -2.82. The van der Waals surface area contributed by atoms with Crippen LogP contribution in [0.3, 0.4) is 0 Å². The Balaban J connectivity index is 1.36. The maximum Gasteiger partial charge on any atom is 0.321 e. The van der Waals surface area contributed by atoms with Crippen molar-refractivity contribution in [3.63, 3.8) is 0 Å². The minimum absolute atomic E-state index is 0.0229. The summed E-state index contributed by atoms with van der Waals surface area (Å²) in [5, 5.41) is 5.91. The number of nitrogens with zero attached hydrogens (tertiary/aromatic N) is 1. The highest BCUT2D eigenvalue weighted by atomic mass is 16.2. The van der Waals surface area contributed by atoms with Crippen molar-refractivity contribution in [2.24, 2.45) is 5.92 Å². The van der Waals surface area contributed by atoms with Gasteiger partial charge in [0.1, 0.15) is 0 Å². The topological polar surface area (TPSA) is 61.4 Å². The van der Waals surface area contributed by atoms with Gasteiger partial charge in [-0.25, -0.2) is 4.79 Å². The maximum atomic E-state index is 12.3. The molecule has 1 aliphatic rings. The number of benzene rings is 2. The summed E-state index contributed by atoms with van der Waals surface area (Å²) in [5.74, 6) is 0.525. The van der Waals surface area contributed by atoms with Crippen molar-refractivity contribution >= 4 is 17.6 Å². The van der Waals surface area contributed by atoms with E-state index in [1.165, 1.54) is 0 Å². The number of rotatable bonds is 5. The summed E-state index contributed by atoms with van der Waals surface area (Å²) < 4.78 is 0. The van der Waals surface area contributed by atoms with Crippen LogP contribution in [0.1, 0.15) is 29.6 Å². The predicted octanol–water partition coefficient (Wildman–Crippen LogP) is 3.75. The fourth-order valence-electron chi connectivity index (χ4n) is 3.23. The molecular formula is C21H25N3O2. The zero-order valence-corrected chi connectivity index (χ0v) is 14.9. The molecule has 3 rings (SSSR count). The number of likely N-dealkylation sites (tertiary alicyclic amines) is 1. The number of nitrogens with one attached hydrogen (secondary N) is 2. The molecule has 26 heavy (non-hydrogen) atoms. The summed E-state index contributed by atoms with van der Waals surface area (Å²) in [6.07, 6.45) is 2.90. The number of anilines is 1. The number of carbonyl (C=O) groups is 2. The molecule has 5 heteroatoms. The molecule has 0 spiro atoms. The Kier molecular flexibility index (Phi) is 6.25. The zero-order chi connectivity index (χ0) is 18.2. The number of carbonyl (C=O) groups excluding carboxylic acids is 2. The number of piperidine rings is 1. The second kappa shape index (κ2) is 9.04. The van der Waals surface area contributed by atoms with Crippen molar-refractivity contribution in [1.82, 2.24) is 10.2 Å². The van der Waals surface area contributed by atoms with Gasteiger partial charge < -0.3 is 15.5 Å². The van der Waals surface area contributed by atoms with E-state index >= 15 is 0 Å². The lowest BCUT2D eigenvalue weighted by molar-refractivity contribution is 0.0949. The van der Waals surface area contributed by atoms with Gasteiger partial charge in [0.05, 0.1) is 0 Å². The van der Waals surface area contributed by atoms with Crippen LogP contribution in [0.2, 0.25) is 0 Å². The van der Waals surface area contributed by atoms with Crippen LogP contribution >= 0.6 is 0 Å². The standard InChI is InChI=1S/C21H25N3O2/c25-20(18-7-3-1-4-8-18)22-14-11-17-12-15-24(16-13-17)21(26)23-19-9-5-2-6-10-19/h1-10,17H,11-16H2,(H,22,25)(H,23,26). The molecular weight excluding hydrogens is 326 g/mol. The molecule has 136 valence electrons. The van der Waals surface area contributed by atoms with E-state index in [4.69, 9.17) is 0 Å². The maximum absolute atomic E-state index is 12.3. The third-order valence-corrected chi connectivity index (χ3v) is 4.80. The smallest absolute Gasteiger partial charge is 0.321 e. The molecule has 0 unspecified atom stereocenters. The quantitative estimate of drug-likeness (QED) is 0.862. The molecule has 2 aromatic carbocycles. The monoisotopic (exact) mass is 351 g/mol. The van der Waals surface area contributed by atoms with E-state index in [1.807, 2.05) is 65.6 Å². The molecule has 3 amide bonds. The Morgan fingerprint density at radius 2 is 1.54 bits per heavy atom. The predicted molar refractivity (Wildman–Crippen MR) is 103 cm³/mol. The van der Waals surface area contributed by atoms with E-state index in [1.54, 1.807) is 0 Å². The van der Waals surface area contributed by atoms with Crippen LogP contribution in [0.5, 0.6) is 0 Å². The van der Waals surface area contributed by atoms with Crippen LogP contribution in [0, 0.1) is 5.92 Å². The molecule has 0 saturated carbocycles. The zero-order valence-electron chi connectivity index (χ0n) is 14.9. The van der Waals surface area contributed by atoms with Gasteiger partial charge in [-0.1, -0.05) is 36.4 Å². The first-order valence-electron chi connectivity index (χ1n) is 9.16. The molecule has 0 radical (unpaired) electrons. The van der Waals surface area contributed by atoms with Crippen molar-refractivity contribution < 1.29 is 9.59 Å². The van der Waals surface area contributed by atoms with E-state index in [0.29, 0.717) is 18.0 Å². The fraction of sp³-hybridized carbons (Fsp3) is 0.333. The first-order chi connectivity index (χ1) is 12.7. The number of hydrogen-bond acceptors (Lipinski definition) is 2. The molecule has 0 aromatic heterocycles. The Morgan fingerprint density at radius 1 is 0.923 bits per heavy atom. The second-order valence-corrected chi connectivity index (χ2v) is 6.64. The van der Waals surface area contributed by atoms with Crippen LogP contribution in [-0.2, 0) is 0 Å². The van der Waals surface area contributed by atoms with Crippen molar-refractivity contribution in [3.8, 4) is 0 Å². The highest BCUT2D eigenvalue weighted by molar-refractivity contribution is 5.94. The molecule has 0 aliphatic carbocycles. The molecule has 2 N–H and O–H groups in total. The molecule has 2 aromatic rings. The van der Waals surface area contributed by atoms with Crippen molar-refractivity contribution in [3.05, 3.63) is 66.2 Å². The van der Waals surface area contributed by atoms with Gasteiger partial charge in [0, 0.05) is 30.9 Å². The van der Waals surface area contributed by atoms with E-state index < -0.39 is 0 Å². The SMILES string of the molecule is O=C(NCCC1CCN(C(=O)Nc2ccccc2)CC1)c1ccccc1. The molecule has 0 atom stereocenters. The molecule has 1 fully saturated rings. The second-order valence-electron chi connectivity index (χ2n) is 6.64. The number of urea groups is 1. The van der Waals surface area contributed by atoms with Gasteiger partial charge in [0.2, 0.25) is 0 Å². The lowest BCUT2D eigenvalue weighted by Gasteiger charge is -2.32. The van der Waals surface area contributed by atoms with Gasteiger partial charge in [0.15, 0.2) is 0 Å². The third-order valence-electron chi connectivity index (χ3n) is 4.80. The van der Waals surface area contributed by atoms with Crippen LogP contribution in [-0.4, -0.2) is 36.5 Å². The first-order valence-corrected chi connectivity index (χ1v) is 9.16. The average Bonchev–Trinajstić information content (AvgIpc) is 2.70. The average molecular weight is 351 g/mol. The minimum atomic E-state index is -0.0352. The van der Waals surface area contributed by atoms with Crippen molar-refractivity contribution in [2.45, 2.75) is 19.3 Å². The highest BCUT2D eigenvalue weighted by Gasteiger charge is 2.22. The number of amides is 3. The van der Waals surface area contributed by atoms with Crippen LogP contribution in [0.15, 0.2) is 60.7 Å².